The van der Waals surface area contributed by atoms with Crippen molar-refractivity contribution in [2.45, 2.75) is 77.9 Å². The maximum absolute atomic E-state index is 13.5. The number of fused-ring (bicyclic) bond motifs is 1. The Morgan fingerprint density at radius 2 is 1.89 bits per heavy atom. The molecule has 3 atom stereocenters. The van der Waals surface area contributed by atoms with E-state index in [9.17, 15) is 4.79 Å². The van der Waals surface area contributed by atoms with E-state index in [1.165, 1.54) is 11.1 Å². The average molecular weight is 631 g/mol. The van der Waals surface area contributed by atoms with E-state index in [-0.39, 0.29) is 23.5 Å². The molecular weight excluding hydrogens is 589 g/mol. The highest BCUT2D eigenvalue weighted by molar-refractivity contribution is 6.43. The van der Waals surface area contributed by atoms with E-state index in [2.05, 4.69) is 64.1 Å². The van der Waals surface area contributed by atoms with E-state index in [1.807, 2.05) is 44.0 Å². The number of rotatable bonds is 5. The zero-order valence-corrected chi connectivity index (χ0v) is 27.8. The molecular formula is C36H41Cl2N5O. The smallest absolute Gasteiger partial charge is 0.317 e. The van der Waals surface area contributed by atoms with Gasteiger partial charge in [0.2, 0.25) is 0 Å². The number of nitrogens with one attached hydrogen (secondary N) is 1. The Morgan fingerprint density at radius 3 is 2.61 bits per heavy atom. The molecule has 2 unspecified atom stereocenters. The van der Waals surface area contributed by atoms with Crippen LogP contribution in [0.1, 0.15) is 86.5 Å². The Hall–Kier alpha value is -3.11. The Bertz CT molecular complexity index is 1640. The summed E-state index contributed by atoms with van der Waals surface area (Å²) in [4.78, 5) is 26.8. The molecule has 44 heavy (non-hydrogen) atoms. The molecule has 3 aliphatic rings. The lowest BCUT2D eigenvalue weighted by atomic mass is 9.77. The second-order valence-corrected chi connectivity index (χ2v) is 14.2. The maximum atomic E-state index is 13.5. The van der Waals surface area contributed by atoms with Crippen molar-refractivity contribution in [3.8, 4) is 23.1 Å². The van der Waals surface area contributed by atoms with Gasteiger partial charge in [0.05, 0.1) is 21.8 Å². The summed E-state index contributed by atoms with van der Waals surface area (Å²) in [6.45, 7) is 10.4. The molecule has 2 amide bonds. The molecule has 6 nitrogen and oxygen atoms in total. The van der Waals surface area contributed by atoms with Crippen LogP contribution in [0.5, 0.6) is 0 Å². The molecule has 3 aromatic rings. The monoisotopic (exact) mass is 629 g/mol. The van der Waals surface area contributed by atoms with Crippen molar-refractivity contribution in [1.82, 2.24) is 25.1 Å². The van der Waals surface area contributed by atoms with Crippen LogP contribution in [0.15, 0.2) is 42.7 Å². The normalized spacial score (nSPS) is 21.6. The first-order valence-corrected chi connectivity index (χ1v) is 16.5. The maximum Gasteiger partial charge on any atom is 0.317 e. The lowest BCUT2D eigenvalue weighted by Gasteiger charge is -2.49. The van der Waals surface area contributed by atoms with E-state index < -0.39 is 0 Å². The van der Waals surface area contributed by atoms with Gasteiger partial charge in [-0.3, -0.25) is 4.90 Å². The van der Waals surface area contributed by atoms with Gasteiger partial charge in [0.25, 0.3) is 0 Å². The van der Waals surface area contributed by atoms with Gasteiger partial charge in [0.1, 0.15) is 6.33 Å². The van der Waals surface area contributed by atoms with Crippen molar-refractivity contribution < 1.29 is 4.79 Å². The third-order valence-corrected chi connectivity index (χ3v) is 10.5. The zero-order valence-electron chi connectivity index (χ0n) is 26.3. The second kappa shape index (κ2) is 12.4. The summed E-state index contributed by atoms with van der Waals surface area (Å²) in [6.07, 6.45) is 7.05. The van der Waals surface area contributed by atoms with Crippen LogP contribution in [0, 0.1) is 30.1 Å². The molecule has 2 aromatic carbocycles. The van der Waals surface area contributed by atoms with Gasteiger partial charge in [0, 0.05) is 55.0 Å². The van der Waals surface area contributed by atoms with Crippen LogP contribution in [-0.2, 0) is 6.42 Å². The summed E-state index contributed by atoms with van der Waals surface area (Å²) < 4.78 is 0. The minimum atomic E-state index is -0.297. The van der Waals surface area contributed by atoms with Crippen molar-refractivity contribution in [1.29, 1.82) is 0 Å². The fourth-order valence-corrected chi connectivity index (χ4v) is 7.57. The van der Waals surface area contributed by atoms with Crippen LogP contribution < -0.4 is 5.32 Å². The Balaban J connectivity index is 1.10. The van der Waals surface area contributed by atoms with E-state index >= 15 is 0 Å². The number of likely N-dealkylation sites (tertiary alicyclic amines) is 1. The minimum Gasteiger partial charge on any atom is -0.331 e. The third-order valence-electron chi connectivity index (χ3n) is 9.63. The quantitative estimate of drug-likeness (QED) is 0.290. The van der Waals surface area contributed by atoms with Gasteiger partial charge in [-0.1, -0.05) is 67.1 Å². The molecule has 0 bridgehead atoms. The number of benzene rings is 2. The topological polar surface area (TPSA) is 61.4 Å². The van der Waals surface area contributed by atoms with E-state index in [4.69, 9.17) is 23.2 Å². The number of halogens is 2. The lowest BCUT2D eigenvalue weighted by molar-refractivity contribution is 0.0118. The molecule has 230 valence electrons. The number of aryl methyl sites for hydroxylation is 2. The predicted molar refractivity (Wildman–Crippen MR) is 178 cm³/mol. The molecule has 8 heteroatoms. The fourth-order valence-electron chi connectivity index (χ4n) is 7.03. The number of amides is 2. The van der Waals surface area contributed by atoms with E-state index in [0.29, 0.717) is 22.0 Å². The first kappa shape index (κ1) is 30.9. The van der Waals surface area contributed by atoms with E-state index in [0.717, 1.165) is 73.3 Å². The minimum absolute atomic E-state index is 0.0857. The van der Waals surface area contributed by atoms with Crippen molar-refractivity contribution in [3.05, 3.63) is 80.7 Å². The van der Waals surface area contributed by atoms with Gasteiger partial charge >= 0.3 is 6.03 Å². The van der Waals surface area contributed by atoms with Crippen LogP contribution in [0.3, 0.4) is 0 Å². The first-order chi connectivity index (χ1) is 21.0. The molecule has 2 heterocycles. The highest BCUT2D eigenvalue weighted by Gasteiger charge is 2.43. The number of carbonyl (C=O) groups is 1. The van der Waals surface area contributed by atoms with Crippen molar-refractivity contribution >= 4 is 29.2 Å². The SMILES string of the molecule is Cc1cc(-c2ccc3c(c2)CCC3N2CCC(N(C)C(=O)N[C@@H](C)c3ccc(C#CC4CC4)c(Cl)c3Cl)C(C)(C)C2)ncn1. The van der Waals surface area contributed by atoms with Gasteiger partial charge in [-0.05, 0) is 86.3 Å². The predicted octanol–water partition coefficient (Wildman–Crippen LogP) is 8.01. The standard InChI is InChI=1S/C36H41Cl2N5O/c1-22-18-30(40-21-39-22)27-11-14-29-26(19-27)12-15-31(29)43-17-16-32(36(3,4)20-43)42(5)35(44)41-23(2)28-13-10-25(33(37)34(28)38)9-8-24-6-7-24/h10-11,13-14,18-19,21,23-24,31-32H,6-7,12,15-17,20H2,1-5H3,(H,41,44)/t23-,31?,32?/m0/s1. The number of urea groups is 1. The highest BCUT2D eigenvalue weighted by atomic mass is 35.5. The van der Waals surface area contributed by atoms with Gasteiger partial charge in [-0.2, -0.15) is 0 Å². The van der Waals surface area contributed by atoms with Crippen LogP contribution in [-0.4, -0.2) is 52.0 Å². The average Bonchev–Trinajstić information content (AvgIpc) is 3.73. The summed E-state index contributed by atoms with van der Waals surface area (Å²) in [5.74, 6) is 6.89. The molecule has 2 aliphatic carbocycles. The van der Waals surface area contributed by atoms with Crippen molar-refractivity contribution in [2.75, 3.05) is 20.1 Å². The summed E-state index contributed by atoms with van der Waals surface area (Å²) in [5, 5.41) is 4.07. The van der Waals surface area contributed by atoms with Crippen LogP contribution >= 0.6 is 23.2 Å². The summed E-state index contributed by atoms with van der Waals surface area (Å²) in [6, 6.07) is 12.8. The Labute approximate surface area is 271 Å². The second-order valence-electron chi connectivity index (χ2n) is 13.4. The molecule has 0 spiro atoms. The van der Waals surface area contributed by atoms with E-state index in [1.54, 1.807) is 6.33 Å². The molecule has 1 N–H and O–H groups in total. The summed E-state index contributed by atoms with van der Waals surface area (Å²) >= 11 is 13.2. The van der Waals surface area contributed by atoms with Crippen LogP contribution in [0.4, 0.5) is 4.79 Å². The lowest BCUT2D eigenvalue weighted by Crippen LogP contribution is -2.58. The number of piperidine rings is 1. The molecule has 1 aliphatic heterocycles. The number of nitrogens with zero attached hydrogens (tertiary/aromatic N) is 4. The number of carbonyl (C=O) groups excluding carboxylic acids is 1. The zero-order chi connectivity index (χ0) is 31.2. The molecule has 0 radical (unpaired) electrons. The van der Waals surface area contributed by atoms with Crippen LogP contribution in [0.25, 0.3) is 11.3 Å². The fraction of sp³-hybridized carbons (Fsp3) is 0.472. The van der Waals surface area contributed by atoms with Crippen molar-refractivity contribution in [3.63, 3.8) is 0 Å². The largest absolute Gasteiger partial charge is 0.331 e. The molecule has 1 saturated heterocycles. The molecule has 2 fully saturated rings. The van der Waals surface area contributed by atoms with Gasteiger partial charge < -0.3 is 10.2 Å². The Morgan fingerprint density at radius 1 is 1.09 bits per heavy atom. The molecule has 6 rings (SSSR count). The number of hydrogen-bond acceptors (Lipinski definition) is 4. The van der Waals surface area contributed by atoms with Gasteiger partial charge in [-0.25, -0.2) is 14.8 Å². The summed E-state index contributed by atoms with van der Waals surface area (Å²) in [7, 11) is 1.91. The first-order valence-electron chi connectivity index (χ1n) is 15.7. The third kappa shape index (κ3) is 6.33. The van der Waals surface area contributed by atoms with Gasteiger partial charge in [0.15, 0.2) is 0 Å². The highest BCUT2D eigenvalue weighted by Crippen LogP contribution is 2.43. The number of hydrogen-bond donors (Lipinski definition) is 1. The number of aromatic nitrogens is 2. The van der Waals surface area contributed by atoms with Crippen LogP contribution in [0.2, 0.25) is 10.0 Å². The summed E-state index contributed by atoms with van der Waals surface area (Å²) in [5.41, 5.74) is 7.38. The van der Waals surface area contributed by atoms with Crippen molar-refractivity contribution in [2.24, 2.45) is 11.3 Å². The molecule has 1 saturated carbocycles. The Kier molecular flexibility index (Phi) is 8.67. The van der Waals surface area contributed by atoms with Gasteiger partial charge in [-0.15, -0.1) is 0 Å². The molecule has 1 aromatic heterocycles.